The number of fused-ring (bicyclic) bond motifs is 6. The fraction of sp³-hybridized carbons (Fsp3) is 0.233. The lowest BCUT2D eigenvalue weighted by Crippen LogP contribution is -2.34. The van der Waals surface area contributed by atoms with Crippen molar-refractivity contribution in [3.8, 4) is 11.1 Å². The lowest BCUT2D eigenvalue weighted by molar-refractivity contribution is 0.317. The van der Waals surface area contributed by atoms with Gasteiger partial charge in [0, 0.05) is 18.4 Å². The van der Waals surface area contributed by atoms with E-state index in [-0.39, 0.29) is 6.15 Å². The van der Waals surface area contributed by atoms with Crippen LogP contribution in [-0.2, 0) is 0 Å². The third-order valence-electron chi connectivity index (χ3n) is 12.8. The molecule has 5 aromatic rings. The molecule has 5 aliphatic rings. The van der Waals surface area contributed by atoms with Gasteiger partial charge in [0.15, 0.2) is 0 Å². The van der Waals surface area contributed by atoms with Crippen LogP contribution < -0.4 is 6.15 Å². The van der Waals surface area contributed by atoms with E-state index in [2.05, 4.69) is 231 Å². The number of nitrogens with zero attached hydrogens (tertiary/aromatic N) is 1. The van der Waals surface area contributed by atoms with E-state index >= 15 is 0 Å². The van der Waals surface area contributed by atoms with Gasteiger partial charge in [-0.05, 0) is 131 Å². The molecule has 0 spiro atoms. The van der Waals surface area contributed by atoms with Crippen LogP contribution in [0.3, 0.4) is 0 Å². The number of allylic oxidation sites excluding steroid dienone is 19. The van der Waals surface area contributed by atoms with E-state index in [0.717, 1.165) is 44.6 Å². The van der Waals surface area contributed by atoms with Gasteiger partial charge in [0.05, 0.1) is 6.04 Å². The minimum atomic E-state index is 0. The number of benzene rings is 5. The Morgan fingerprint density at radius 2 is 1.31 bits per heavy atom. The molecule has 314 valence electrons. The Kier molecular flexibility index (Phi) is 15.6. The maximum Gasteiger partial charge on any atom is 0.0537 e. The minimum absolute atomic E-state index is 0. The molecular weight excluding hydrogens is 749 g/mol. The highest BCUT2D eigenvalue weighted by molar-refractivity contribution is 6.17. The van der Waals surface area contributed by atoms with Crippen LogP contribution in [-0.4, -0.2) is 17.5 Å². The highest BCUT2D eigenvalue weighted by Crippen LogP contribution is 2.38. The lowest BCUT2D eigenvalue weighted by atomic mass is 9.78. The van der Waals surface area contributed by atoms with Crippen LogP contribution in [0, 0.1) is 17.8 Å². The second-order valence-corrected chi connectivity index (χ2v) is 16.7. The molecule has 5 aromatic carbocycles. The summed E-state index contributed by atoms with van der Waals surface area (Å²) in [6.07, 6.45) is 51.3. The van der Waals surface area contributed by atoms with Crippen molar-refractivity contribution < 1.29 is 0 Å². The quantitative estimate of drug-likeness (QED) is 0.131. The second kappa shape index (κ2) is 22.0. The van der Waals surface area contributed by atoms with Gasteiger partial charge in [-0.2, -0.15) is 0 Å². The molecule has 1 heterocycles. The molecule has 0 amide bonds. The number of likely N-dealkylation sites (N-methyl/N-ethyl adjacent to an activating group) is 1. The number of hydrogen-bond donors (Lipinski definition) is 1. The van der Waals surface area contributed by atoms with Gasteiger partial charge in [0.2, 0.25) is 0 Å². The summed E-state index contributed by atoms with van der Waals surface area (Å²) in [7, 11) is 0. The maximum atomic E-state index is 2.49. The molecule has 0 bridgehead atoms. The van der Waals surface area contributed by atoms with Crippen molar-refractivity contribution >= 4 is 32.3 Å². The molecule has 10 rings (SSSR count). The van der Waals surface area contributed by atoms with Crippen LogP contribution in [0.15, 0.2) is 229 Å². The summed E-state index contributed by atoms with van der Waals surface area (Å²) in [5, 5.41) is 7.88. The van der Waals surface area contributed by atoms with Crippen molar-refractivity contribution in [3.63, 3.8) is 0 Å². The van der Waals surface area contributed by atoms with Crippen molar-refractivity contribution in [2.75, 3.05) is 6.54 Å². The Hall–Kier alpha value is -6.22. The van der Waals surface area contributed by atoms with Gasteiger partial charge in [-0.3, -0.25) is 0 Å². The summed E-state index contributed by atoms with van der Waals surface area (Å²) < 4.78 is 0. The highest BCUT2D eigenvalue weighted by atomic mass is 15.1. The summed E-state index contributed by atoms with van der Waals surface area (Å²) in [6.45, 7) is 5.49. The molecule has 0 aromatic heterocycles. The van der Waals surface area contributed by atoms with Crippen LogP contribution in [0.25, 0.3) is 43.4 Å². The van der Waals surface area contributed by atoms with Gasteiger partial charge in [-0.25, -0.2) is 0 Å². The molecule has 0 saturated heterocycles. The van der Waals surface area contributed by atoms with Gasteiger partial charge < -0.3 is 11.1 Å². The van der Waals surface area contributed by atoms with Crippen molar-refractivity contribution in [2.24, 2.45) is 17.8 Å². The zero-order valence-corrected chi connectivity index (χ0v) is 36.8. The number of hydrogen-bond acceptors (Lipinski definition) is 2. The average molecular weight is 813 g/mol. The maximum absolute atomic E-state index is 2.49. The van der Waals surface area contributed by atoms with Crippen LogP contribution >= 0.6 is 0 Å². The molecule has 3 N–H and O–H groups in total. The van der Waals surface area contributed by atoms with E-state index in [1.165, 1.54) is 61.9 Å². The summed E-state index contributed by atoms with van der Waals surface area (Å²) in [4.78, 5) is 2.48. The van der Waals surface area contributed by atoms with E-state index in [0.29, 0.717) is 17.9 Å². The second-order valence-electron chi connectivity index (χ2n) is 16.7. The van der Waals surface area contributed by atoms with Crippen molar-refractivity contribution in [1.82, 2.24) is 11.1 Å². The average Bonchev–Trinajstić information content (AvgIpc) is 3.33. The first-order valence-electron chi connectivity index (χ1n) is 22.8. The van der Waals surface area contributed by atoms with E-state index in [1.54, 1.807) is 11.1 Å². The third kappa shape index (κ3) is 10.8. The lowest BCUT2D eigenvalue weighted by Gasteiger charge is -2.35. The molecule has 2 heteroatoms. The first-order valence-corrected chi connectivity index (χ1v) is 22.8. The zero-order valence-electron chi connectivity index (χ0n) is 36.8. The van der Waals surface area contributed by atoms with Crippen LogP contribution in [0.4, 0.5) is 0 Å². The van der Waals surface area contributed by atoms with Crippen molar-refractivity contribution in [1.29, 1.82) is 0 Å². The van der Waals surface area contributed by atoms with Crippen LogP contribution in [0.1, 0.15) is 58.8 Å². The molecule has 1 aliphatic heterocycles. The topological polar surface area (TPSA) is 38.2 Å². The fourth-order valence-electron chi connectivity index (χ4n) is 9.39. The Morgan fingerprint density at radius 1 is 0.581 bits per heavy atom. The highest BCUT2D eigenvalue weighted by Gasteiger charge is 2.26. The Balaban J connectivity index is 0.000000149. The normalized spacial score (nSPS) is 22.2. The molecule has 0 radical (unpaired) electrons. The van der Waals surface area contributed by atoms with Gasteiger partial charge in [-0.15, -0.1) is 0 Å². The molecular formula is C60H64N2. The summed E-state index contributed by atoms with van der Waals surface area (Å²) in [6, 6.07) is 35.5. The summed E-state index contributed by atoms with van der Waals surface area (Å²) in [5.41, 5.74) is 7.19. The standard InChI is InChI=1S/C25H29N.C24H16.C11H16.H3N/c1-2-26-17-8-4-7-12-24-19-23(15-16-25(24)26)22-14-9-13-21(18-22)20-10-5-3-6-11-20;1-2-6-17(7-3-1)19-11-13-22-20(16-19)12-15-23-21-9-5-4-8-18(21)10-14-24(22)23;1-2-3-5-8-11-9-6-4-7-10-11;/h3-10,13-15,17,19-20,22,25H,2,11-12,16,18H2,1H3;1-16H;3-7,9,11H,2,8,10H2,1H3;1H3/b7-4-,17-8-;;5-3-;. The van der Waals surface area contributed by atoms with Crippen LogP contribution in [0.2, 0.25) is 0 Å². The molecule has 2 nitrogen and oxygen atoms in total. The smallest absolute Gasteiger partial charge is 0.0537 e. The SMILES string of the molecule is CC/C=C\CC1C=CC=CC1.CCN1/C=C\C=C/CC2=CC(C3C=CC=C(C4C=CC=CC4)C3)=CCC21.N.c1ccc(-c2ccc3c(ccc4c5ccccc5ccc34)c2)cc1. The monoisotopic (exact) mass is 813 g/mol. The molecule has 4 aliphatic carbocycles. The Bertz CT molecular complexity index is 2640. The molecule has 4 unspecified atom stereocenters. The molecule has 62 heavy (non-hydrogen) atoms. The Labute approximate surface area is 371 Å². The largest absolute Gasteiger partial charge is 0.371 e. The first kappa shape index (κ1) is 43.9. The third-order valence-corrected chi connectivity index (χ3v) is 12.8. The van der Waals surface area contributed by atoms with Gasteiger partial charge in [0.25, 0.3) is 0 Å². The molecule has 0 fully saturated rings. The first-order chi connectivity index (χ1) is 30.2. The van der Waals surface area contributed by atoms with E-state index in [9.17, 15) is 0 Å². The summed E-state index contributed by atoms with van der Waals surface area (Å²) >= 11 is 0. The predicted octanol–water partition coefficient (Wildman–Crippen LogP) is 16.5. The van der Waals surface area contributed by atoms with E-state index in [1.807, 2.05) is 0 Å². The zero-order chi connectivity index (χ0) is 41.6. The predicted molar refractivity (Wildman–Crippen MR) is 271 cm³/mol. The van der Waals surface area contributed by atoms with Crippen molar-refractivity contribution in [2.45, 2.75) is 64.8 Å². The Morgan fingerprint density at radius 3 is 2.08 bits per heavy atom. The minimum Gasteiger partial charge on any atom is -0.371 e. The van der Waals surface area contributed by atoms with Gasteiger partial charge in [0.1, 0.15) is 0 Å². The summed E-state index contributed by atoms with van der Waals surface area (Å²) in [5.74, 6) is 1.87. The molecule has 4 atom stereocenters. The van der Waals surface area contributed by atoms with Crippen LogP contribution in [0.5, 0.6) is 0 Å². The molecule has 0 saturated carbocycles. The van der Waals surface area contributed by atoms with E-state index < -0.39 is 0 Å². The fourth-order valence-corrected chi connectivity index (χ4v) is 9.39. The number of rotatable bonds is 7. The van der Waals surface area contributed by atoms with Crippen molar-refractivity contribution in [3.05, 3.63) is 229 Å². The van der Waals surface area contributed by atoms with Gasteiger partial charge >= 0.3 is 0 Å². The van der Waals surface area contributed by atoms with E-state index in [4.69, 9.17) is 0 Å². The van der Waals surface area contributed by atoms with Gasteiger partial charge in [-0.1, -0.05) is 207 Å².